The van der Waals surface area contributed by atoms with Crippen molar-refractivity contribution in [2.75, 3.05) is 0 Å². The van der Waals surface area contributed by atoms with Crippen molar-refractivity contribution >= 4 is 5.91 Å². The van der Waals surface area contributed by atoms with Crippen molar-refractivity contribution in [2.45, 2.75) is 57.4 Å². The molecule has 4 heteroatoms. The highest BCUT2D eigenvalue weighted by atomic mass is 16.2. The summed E-state index contributed by atoms with van der Waals surface area (Å²) in [7, 11) is 0. The van der Waals surface area contributed by atoms with Gasteiger partial charge in [-0.1, -0.05) is 30.3 Å². The molecule has 1 aromatic heterocycles. The van der Waals surface area contributed by atoms with Crippen molar-refractivity contribution in [1.82, 2.24) is 15.3 Å². The van der Waals surface area contributed by atoms with E-state index in [0.29, 0.717) is 18.4 Å². The fraction of sp³-hybridized carbons (Fsp3) is 0.522. The standard InChI is InChI=1S/C23H27N3O/c1-16-12-25-20(13-24-16)14-26-21(27)23-10-17-7-18(11-23)9-22(8-17,15-23)19-5-3-2-4-6-19/h2-6,12-13,17-18H,7-11,14-15H2,1H3,(H,26,27)/t17-,18-,22?,23?/m1/s1. The van der Waals surface area contributed by atoms with Crippen LogP contribution in [0.4, 0.5) is 0 Å². The van der Waals surface area contributed by atoms with E-state index in [1.807, 2.05) is 6.92 Å². The van der Waals surface area contributed by atoms with Gasteiger partial charge in [-0.15, -0.1) is 0 Å². The molecular formula is C23H27N3O. The molecule has 4 aliphatic rings. The third kappa shape index (κ3) is 2.86. The normalized spacial score (nSPS) is 33.8. The van der Waals surface area contributed by atoms with E-state index in [2.05, 4.69) is 45.6 Å². The summed E-state index contributed by atoms with van der Waals surface area (Å²) in [6.45, 7) is 2.40. The number of aromatic nitrogens is 2. The topological polar surface area (TPSA) is 54.9 Å². The Labute approximate surface area is 160 Å². The summed E-state index contributed by atoms with van der Waals surface area (Å²) in [5, 5.41) is 3.20. The number of nitrogens with zero attached hydrogens (tertiary/aromatic N) is 2. The van der Waals surface area contributed by atoms with Crippen LogP contribution in [0.15, 0.2) is 42.7 Å². The van der Waals surface area contributed by atoms with Gasteiger partial charge in [0.25, 0.3) is 0 Å². The van der Waals surface area contributed by atoms with E-state index in [1.165, 1.54) is 24.8 Å². The molecule has 4 bridgehead atoms. The first-order chi connectivity index (χ1) is 13.1. The van der Waals surface area contributed by atoms with Gasteiger partial charge in [-0.3, -0.25) is 14.8 Å². The highest BCUT2D eigenvalue weighted by molar-refractivity contribution is 5.83. The Morgan fingerprint density at radius 1 is 1.07 bits per heavy atom. The second-order valence-electron chi connectivity index (χ2n) is 9.22. The lowest BCUT2D eigenvalue weighted by Crippen LogP contribution is -2.59. The molecule has 0 spiro atoms. The molecule has 0 saturated heterocycles. The summed E-state index contributed by atoms with van der Waals surface area (Å²) in [4.78, 5) is 22.0. The second kappa shape index (κ2) is 6.15. The molecule has 4 nitrogen and oxygen atoms in total. The molecule has 140 valence electrons. The van der Waals surface area contributed by atoms with Crippen LogP contribution in [-0.2, 0) is 16.8 Å². The maximum absolute atomic E-state index is 13.4. The zero-order valence-electron chi connectivity index (χ0n) is 15.9. The SMILES string of the molecule is Cc1cnc(CNC(=O)C23C[C@@H]4C[C@@H](C2)CC(c2ccccc2)(C4)C3)cn1. The molecular weight excluding hydrogens is 334 g/mol. The molecule has 1 heterocycles. The van der Waals surface area contributed by atoms with Gasteiger partial charge in [0.05, 0.1) is 29.5 Å². The third-order valence-electron chi connectivity index (χ3n) is 7.19. The summed E-state index contributed by atoms with van der Waals surface area (Å²) < 4.78 is 0. The minimum absolute atomic E-state index is 0.196. The lowest BCUT2D eigenvalue weighted by atomic mass is 9.42. The van der Waals surface area contributed by atoms with Crippen molar-refractivity contribution < 1.29 is 4.79 Å². The quantitative estimate of drug-likeness (QED) is 0.897. The number of amides is 1. The van der Waals surface area contributed by atoms with Crippen molar-refractivity contribution in [3.8, 4) is 0 Å². The molecule has 0 aliphatic heterocycles. The first-order valence-corrected chi connectivity index (χ1v) is 10.2. The van der Waals surface area contributed by atoms with E-state index < -0.39 is 0 Å². The summed E-state index contributed by atoms with van der Waals surface area (Å²) in [5.41, 5.74) is 3.18. The van der Waals surface area contributed by atoms with Gasteiger partial charge in [0.1, 0.15) is 0 Å². The number of nitrogens with one attached hydrogen (secondary N) is 1. The number of carbonyl (C=O) groups is 1. The van der Waals surface area contributed by atoms with Gasteiger partial charge in [-0.2, -0.15) is 0 Å². The smallest absolute Gasteiger partial charge is 0.226 e. The second-order valence-corrected chi connectivity index (χ2v) is 9.22. The first-order valence-electron chi connectivity index (χ1n) is 10.2. The number of aryl methyl sites for hydroxylation is 1. The predicted octanol–water partition coefficient (Wildman–Crippen LogP) is 3.94. The van der Waals surface area contributed by atoms with Gasteiger partial charge in [0, 0.05) is 6.20 Å². The van der Waals surface area contributed by atoms with Crippen molar-refractivity contribution in [3.63, 3.8) is 0 Å². The molecule has 4 fully saturated rings. The monoisotopic (exact) mass is 361 g/mol. The molecule has 1 amide bonds. The van der Waals surface area contributed by atoms with Gasteiger partial charge in [-0.05, 0) is 68.3 Å². The molecule has 1 N–H and O–H groups in total. The van der Waals surface area contributed by atoms with Crippen LogP contribution in [0.5, 0.6) is 0 Å². The highest BCUT2D eigenvalue weighted by Gasteiger charge is 2.60. The summed E-state index contributed by atoms with van der Waals surface area (Å²) in [5.74, 6) is 1.62. The minimum Gasteiger partial charge on any atom is -0.350 e. The highest BCUT2D eigenvalue weighted by Crippen LogP contribution is 2.65. The first kappa shape index (κ1) is 16.9. The molecule has 6 rings (SSSR count). The molecule has 1 aromatic carbocycles. The Bertz CT molecular complexity index is 832. The fourth-order valence-corrected chi connectivity index (χ4v) is 6.53. The molecule has 0 radical (unpaired) electrons. The summed E-state index contributed by atoms with van der Waals surface area (Å²) in [6, 6.07) is 10.9. The van der Waals surface area contributed by atoms with E-state index >= 15 is 0 Å². The van der Waals surface area contributed by atoms with Crippen LogP contribution >= 0.6 is 0 Å². The van der Waals surface area contributed by atoms with E-state index in [4.69, 9.17) is 0 Å². The average Bonchev–Trinajstić information content (AvgIpc) is 2.67. The Kier molecular flexibility index (Phi) is 3.85. The van der Waals surface area contributed by atoms with Gasteiger partial charge >= 0.3 is 0 Å². The zero-order valence-corrected chi connectivity index (χ0v) is 15.9. The van der Waals surface area contributed by atoms with Crippen molar-refractivity contribution in [2.24, 2.45) is 17.3 Å². The summed E-state index contributed by atoms with van der Waals surface area (Å²) >= 11 is 0. The fourth-order valence-electron chi connectivity index (χ4n) is 6.53. The number of hydrogen-bond donors (Lipinski definition) is 1. The summed E-state index contributed by atoms with van der Waals surface area (Å²) in [6.07, 6.45) is 10.5. The van der Waals surface area contributed by atoms with Gasteiger partial charge in [0.15, 0.2) is 0 Å². The van der Waals surface area contributed by atoms with Crippen molar-refractivity contribution in [3.05, 3.63) is 59.7 Å². The van der Waals surface area contributed by atoms with Crippen LogP contribution in [0.25, 0.3) is 0 Å². The van der Waals surface area contributed by atoms with Gasteiger partial charge < -0.3 is 5.32 Å². The Hall–Kier alpha value is -2.23. The van der Waals surface area contributed by atoms with E-state index in [1.54, 1.807) is 12.4 Å². The number of benzene rings is 1. The van der Waals surface area contributed by atoms with Gasteiger partial charge in [0.2, 0.25) is 5.91 Å². The lowest BCUT2D eigenvalue weighted by molar-refractivity contribution is -0.149. The van der Waals surface area contributed by atoms with Crippen LogP contribution in [0, 0.1) is 24.2 Å². The van der Waals surface area contributed by atoms with Crippen LogP contribution in [0.2, 0.25) is 0 Å². The van der Waals surface area contributed by atoms with Crippen LogP contribution in [0.3, 0.4) is 0 Å². The molecule has 27 heavy (non-hydrogen) atoms. The van der Waals surface area contributed by atoms with Crippen LogP contribution in [0.1, 0.15) is 55.5 Å². The molecule has 4 saturated carbocycles. The maximum Gasteiger partial charge on any atom is 0.226 e. The Morgan fingerprint density at radius 3 is 2.48 bits per heavy atom. The molecule has 2 atom stereocenters. The largest absolute Gasteiger partial charge is 0.350 e. The van der Waals surface area contributed by atoms with E-state index in [9.17, 15) is 4.79 Å². The number of rotatable bonds is 4. The third-order valence-corrected chi connectivity index (χ3v) is 7.19. The maximum atomic E-state index is 13.4. The molecule has 4 aliphatic carbocycles. The van der Waals surface area contributed by atoms with Gasteiger partial charge in [-0.25, -0.2) is 0 Å². The van der Waals surface area contributed by atoms with E-state index in [0.717, 1.165) is 30.7 Å². The average molecular weight is 361 g/mol. The van der Waals surface area contributed by atoms with Crippen LogP contribution < -0.4 is 5.32 Å². The predicted molar refractivity (Wildman–Crippen MR) is 104 cm³/mol. The number of hydrogen-bond acceptors (Lipinski definition) is 3. The molecule has 2 aromatic rings. The number of carbonyl (C=O) groups excluding carboxylic acids is 1. The lowest BCUT2D eigenvalue weighted by Gasteiger charge is -2.61. The molecule has 0 unspecified atom stereocenters. The minimum atomic E-state index is -0.196. The van der Waals surface area contributed by atoms with Crippen molar-refractivity contribution in [1.29, 1.82) is 0 Å². The van der Waals surface area contributed by atoms with E-state index in [-0.39, 0.29) is 16.7 Å². The zero-order chi connectivity index (χ0) is 18.5. The Morgan fingerprint density at radius 2 is 1.81 bits per heavy atom. The van der Waals surface area contributed by atoms with Crippen LogP contribution in [-0.4, -0.2) is 15.9 Å². The Balaban J connectivity index is 1.39.